The van der Waals surface area contributed by atoms with Crippen LogP contribution in [0.2, 0.25) is 5.02 Å². The van der Waals surface area contributed by atoms with Gasteiger partial charge in [0.1, 0.15) is 6.04 Å². The molecule has 3 heteroatoms. The number of benzene rings is 2. The zero-order valence-corrected chi connectivity index (χ0v) is 13.3. The molecule has 1 unspecified atom stereocenters. The highest BCUT2D eigenvalue weighted by Crippen LogP contribution is 2.26. The van der Waals surface area contributed by atoms with Crippen LogP contribution < -0.4 is 5.32 Å². The Morgan fingerprint density at radius 2 is 1.76 bits per heavy atom. The van der Waals surface area contributed by atoms with Crippen LogP contribution in [0, 0.1) is 11.3 Å². The largest absolute Gasteiger partial charge is 0.366 e. The quantitative estimate of drug-likeness (QED) is 0.833. The maximum atomic E-state index is 9.39. The minimum atomic E-state index is -0.391. The standard InChI is InChI=1S/C18H19ClN2/c1-18(2,3)14-9-7-13(8-10-14)17(12-20)21-16-6-4-5-15(19)11-16/h4-11,17,21H,1-3H3. The number of nitrogens with one attached hydrogen (secondary N) is 1. The Bertz CT molecular complexity index is 648. The summed E-state index contributed by atoms with van der Waals surface area (Å²) in [5, 5.41) is 13.2. The summed E-state index contributed by atoms with van der Waals surface area (Å²) in [6, 6.07) is 17.5. The Morgan fingerprint density at radius 1 is 1.10 bits per heavy atom. The lowest BCUT2D eigenvalue weighted by Gasteiger charge is -2.20. The Labute approximate surface area is 131 Å². The monoisotopic (exact) mass is 298 g/mol. The van der Waals surface area contributed by atoms with E-state index in [2.05, 4.69) is 44.3 Å². The average molecular weight is 299 g/mol. The zero-order valence-electron chi connectivity index (χ0n) is 12.5. The lowest BCUT2D eigenvalue weighted by Crippen LogP contribution is -2.12. The molecule has 0 amide bonds. The molecular formula is C18H19ClN2. The molecular weight excluding hydrogens is 280 g/mol. The molecule has 0 aromatic heterocycles. The molecule has 2 rings (SSSR count). The van der Waals surface area contributed by atoms with Gasteiger partial charge in [0.15, 0.2) is 0 Å². The summed E-state index contributed by atoms with van der Waals surface area (Å²) in [7, 11) is 0. The first-order valence-electron chi connectivity index (χ1n) is 6.92. The third-order valence-corrected chi connectivity index (χ3v) is 3.61. The molecule has 0 radical (unpaired) electrons. The van der Waals surface area contributed by atoms with Gasteiger partial charge in [0, 0.05) is 10.7 Å². The number of hydrogen-bond donors (Lipinski definition) is 1. The van der Waals surface area contributed by atoms with Crippen molar-refractivity contribution in [3.63, 3.8) is 0 Å². The number of nitriles is 1. The van der Waals surface area contributed by atoms with Gasteiger partial charge >= 0.3 is 0 Å². The highest BCUT2D eigenvalue weighted by Gasteiger charge is 2.15. The van der Waals surface area contributed by atoms with Gasteiger partial charge in [-0.05, 0) is 34.7 Å². The van der Waals surface area contributed by atoms with Gasteiger partial charge in [-0.15, -0.1) is 0 Å². The normalized spacial score (nSPS) is 12.5. The maximum absolute atomic E-state index is 9.39. The number of anilines is 1. The molecule has 2 aromatic rings. The fraction of sp³-hybridized carbons (Fsp3) is 0.278. The summed E-state index contributed by atoms with van der Waals surface area (Å²) in [5.41, 5.74) is 3.16. The Hall–Kier alpha value is -1.98. The molecule has 0 aliphatic rings. The minimum Gasteiger partial charge on any atom is -0.366 e. The van der Waals surface area contributed by atoms with Crippen LogP contribution >= 0.6 is 11.6 Å². The van der Waals surface area contributed by atoms with Crippen molar-refractivity contribution in [2.75, 3.05) is 5.32 Å². The second-order valence-electron chi connectivity index (χ2n) is 6.09. The van der Waals surface area contributed by atoms with Crippen LogP contribution in [0.5, 0.6) is 0 Å². The first kappa shape index (κ1) is 15.4. The Balaban J connectivity index is 2.20. The molecule has 108 valence electrons. The maximum Gasteiger partial charge on any atom is 0.140 e. The highest BCUT2D eigenvalue weighted by molar-refractivity contribution is 6.30. The van der Waals surface area contributed by atoms with Crippen LogP contribution in [0.4, 0.5) is 5.69 Å². The predicted octanol–water partition coefficient (Wildman–Crippen LogP) is 5.31. The Kier molecular flexibility index (Phi) is 4.55. The van der Waals surface area contributed by atoms with Crippen LogP contribution in [0.15, 0.2) is 48.5 Å². The fourth-order valence-electron chi connectivity index (χ4n) is 2.11. The molecule has 0 saturated carbocycles. The van der Waals surface area contributed by atoms with Gasteiger partial charge in [-0.3, -0.25) is 0 Å². The molecule has 1 N–H and O–H groups in total. The number of halogens is 1. The Morgan fingerprint density at radius 3 is 2.29 bits per heavy atom. The van der Waals surface area contributed by atoms with Crippen LogP contribution in [-0.4, -0.2) is 0 Å². The van der Waals surface area contributed by atoms with Gasteiger partial charge in [0.25, 0.3) is 0 Å². The molecule has 2 nitrogen and oxygen atoms in total. The van der Waals surface area contributed by atoms with E-state index >= 15 is 0 Å². The first-order valence-corrected chi connectivity index (χ1v) is 7.30. The van der Waals surface area contributed by atoms with Gasteiger partial charge < -0.3 is 5.32 Å². The smallest absolute Gasteiger partial charge is 0.140 e. The fourth-order valence-corrected chi connectivity index (χ4v) is 2.30. The summed E-state index contributed by atoms with van der Waals surface area (Å²) in [4.78, 5) is 0. The van der Waals surface area contributed by atoms with E-state index in [4.69, 9.17) is 11.6 Å². The van der Waals surface area contributed by atoms with E-state index in [1.165, 1.54) is 5.56 Å². The lowest BCUT2D eigenvalue weighted by molar-refractivity contribution is 0.590. The molecule has 2 aromatic carbocycles. The summed E-state index contributed by atoms with van der Waals surface area (Å²) >= 11 is 5.97. The third-order valence-electron chi connectivity index (χ3n) is 3.37. The summed E-state index contributed by atoms with van der Waals surface area (Å²) in [6.45, 7) is 6.52. The predicted molar refractivity (Wildman–Crippen MR) is 88.6 cm³/mol. The molecule has 0 saturated heterocycles. The van der Waals surface area contributed by atoms with E-state index in [-0.39, 0.29) is 5.41 Å². The van der Waals surface area contributed by atoms with Gasteiger partial charge in [-0.1, -0.05) is 62.7 Å². The molecule has 0 fully saturated rings. The highest BCUT2D eigenvalue weighted by atomic mass is 35.5. The van der Waals surface area contributed by atoms with Crippen LogP contribution in [0.1, 0.15) is 37.9 Å². The summed E-state index contributed by atoms with van der Waals surface area (Å²) < 4.78 is 0. The van der Waals surface area contributed by atoms with Crippen molar-refractivity contribution in [2.24, 2.45) is 0 Å². The molecule has 0 aliphatic heterocycles. The second-order valence-corrected chi connectivity index (χ2v) is 6.53. The molecule has 0 bridgehead atoms. The molecule has 0 aliphatic carbocycles. The zero-order chi connectivity index (χ0) is 15.5. The van der Waals surface area contributed by atoms with Crippen molar-refractivity contribution < 1.29 is 0 Å². The number of nitrogens with zero attached hydrogens (tertiary/aromatic N) is 1. The van der Waals surface area contributed by atoms with E-state index in [1.807, 2.05) is 36.4 Å². The molecule has 0 spiro atoms. The molecule has 21 heavy (non-hydrogen) atoms. The van der Waals surface area contributed by atoms with Gasteiger partial charge in [0.05, 0.1) is 6.07 Å². The van der Waals surface area contributed by atoms with Crippen molar-refractivity contribution in [3.8, 4) is 6.07 Å². The lowest BCUT2D eigenvalue weighted by atomic mass is 9.86. The summed E-state index contributed by atoms with van der Waals surface area (Å²) in [5.74, 6) is 0. The van der Waals surface area contributed by atoms with E-state index in [9.17, 15) is 5.26 Å². The van der Waals surface area contributed by atoms with Crippen molar-refractivity contribution in [1.29, 1.82) is 5.26 Å². The minimum absolute atomic E-state index is 0.112. The molecule has 1 atom stereocenters. The van der Waals surface area contributed by atoms with E-state index < -0.39 is 6.04 Å². The van der Waals surface area contributed by atoms with Gasteiger partial charge in [0.2, 0.25) is 0 Å². The van der Waals surface area contributed by atoms with Crippen molar-refractivity contribution in [2.45, 2.75) is 32.2 Å². The average Bonchev–Trinajstić information content (AvgIpc) is 2.44. The summed E-state index contributed by atoms with van der Waals surface area (Å²) in [6.07, 6.45) is 0. The number of hydrogen-bond acceptors (Lipinski definition) is 2. The van der Waals surface area contributed by atoms with Crippen molar-refractivity contribution in [1.82, 2.24) is 0 Å². The van der Waals surface area contributed by atoms with Crippen LogP contribution in [0.3, 0.4) is 0 Å². The SMILES string of the molecule is CC(C)(C)c1ccc(C(C#N)Nc2cccc(Cl)c2)cc1. The van der Waals surface area contributed by atoms with Crippen LogP contribution in [0.25, 0.3) is 0 Å². The van der Waals surface area contributed by atoms with E-state index in [0.29, 0.717) is 5.02 Å². The van der Waals surface area contributed by atoms with Crippen molar-refractivity contribution >= 4 is 17.3 Å². The van der Waals surface area contributed by atoms with E-state index in [1.54, 1.807) is 0 Å². The second kappa shape index (κ2) is 6.20. The topological polar surface area (TPSA) is 35.8 Å². The van der Waals surface area contributed by atoms with Crippen LogP contribution in [-0.2, 0) is 5.41 Å². The van der Waals surface area contributed by atoms with Gasteiger partial charge in [-0.25, -0.2) is 0 Å². The number of rotatable bonds is 3. The van der Waals surface area contributed by atoms with Gasteiger partial charge in [-0.2, -0.15) is 5.26 Å². The van der Waals surface area contributed by atoms with E-state index in [0.717, 1.165) is 11.3 Å². The third kappa shape index (κ3) is 4.00. The molecule has 0 heterocycles. The first-order chi connectivity index (χ1) is 9.90. The van der Waals surface area contributed by atoms with Crippen molar-refractivity contribution in [3.05, 3.63) is 64.7 Å².